The van der Waals surface area contributed by atoms with Gasteiger partial charge in [-0.05, 0) is 0 Å². The molecule has 0 aliphatic carbocycles. The lowest BCUT2D eigenvalue weighted by Gasteiger charge is -1.65. The third-order valence-electron chi connectivity index (χ3n) is 0. The minimum Gasteiger partial charge on any atom is -0.473 e. The molecule has 48 valence electrons. The number of rotatable bonds is 0. The highest BCUT2D eigenvalue weighted by atomic mass is 32.2. The third-order valence-corrected chi connectivity index (χ3v) is 0. The van der Waals surface area contributed by atoms with E-state index in [0.29, 0.717) is 3.53 Å². The molecule has 0 aliphatic rings. The summed E-state index contributed by atoms with van der Waals surface area (Å²) >= 11 is 15.0. The Morgan fingerprint density at radius 2 is 1.12 bits per heavy atom. The first-order valence-corrected chi connectivity index (χ1v) is 3.01. The Balaban J connectivity index is 0. The monoisotopic (exact) mass is 188 g/mol. The van der Waals surface area contributed by atoms with Gasteiger partial charge < -0.3 is 10.2 Å². The third kappa shape index (κ3) is 845. The number of aliphatic hydroxyl groups excluding tert-OH is 1. The molecule has 0 heterocycles. The number of hydrogen-bond donors (Lipinski definition) is 4. The maximum absolute atomic E-state index is 7.34. The van der Waals surface area contributed by atoms with Crippen molar-refractivity contribution >= 4 is 58.5 Å². The van der Waals surface area contributed by atoms with Gasteiger partial charge in [-0.3, -0.25) is 0 Å². The summed E-state index contributed by atoms with van der Waals surface area (Å²) in [5.74, 6) is 0. The van der Waals surface area contributed by atoms with E-state index in [-0.39, 0.29) is 0 Å². The lowest BCUT2D eigenvalue weighted by Crippen LogP contribution is -1.80. The predicted octanol–water partition coefficient (Wildman–Crippen LogP) is 1.52. The largest absolute Gasteiger partial charge is 0.473 e. The first kappa shape index (κ1) is 11.3. The zero-order chi connectivity index (χ0) is 7.15. The highest BCUT2D eigenvalue weighted by Gasteiger charge is 1.62. The minimum atomic E-state index is -1.000. The van der Waals surface area contributed by atoms with Gasteiger partial charge in [-0.25, -0.2) is 0 Å². The molecule has 0 saturated heterocycles. The summed E-state index contributed by atoms with van der Waals surface area (Å²) in [7, 11) is 0. The van der Waals surface area contributed by atoms with Gasteiger partial charge in [0.15, 0.2) is 0 Å². The summed E-state index contributed by atoms with van der Waals surface area (Å²) in [5.41, 5.74) is 0. The Bertz CT molecular complexity index is 70.0. The Morgan fingerprint density at radius 3 is 1.12 bits per heavy atom. The Kier molecular flexibility index (Phi) is 10.6. The number of thiol groups is 2. The van der Waals surface area contributed by atoms with Gasteiger partial charge >= 0.3 is 5.24 Å². The van der Waals surface area contributed by atoms with E-state index in [1.54, 1.807) is 0 Å². The molecule has 6 heteroatoms. The van der Waals surface area contributed by atoms with E-state index < -0.39 is 5.24 Å². The van der Waals surface area contributed by atoms with Crippen LogP contribution in [0.15, 0.2) is 0 Å². The summed E-state index contributed by atoms with van der Waals surface area (Å²) in [4.78, 5) is 0. The Labute approximate surface area is 68.7 Å². The molecular formula is C2H4O2S4. The second-order valence-electron chi connectivity index (χ2n) is 0.565. The van der Waals surface area contributed by atoms with Gasteiger partial charge in [0.2, 0.25) is 0 Å². The molecule has 0 unspecified atom stereocenters. The van der Waals surface area contributed by atoms with Crippen molar-refractivity contribution in [2.24, 2.45) is 0 Å². The van der Waals surface area contributed by atoms with Crippen LogP contribution >= 0.6 is 49.7 Å². The molecule has 0 fully saturated rings. The zero-order valence-corrected chi connectivity index (χ0v) is 7.03. The van der Waals surface area contributed by atoms with Crippen LogP contribution in [-0.4, -0.2) is 19.0 Å². The van der Waals surface area contributed by atoms with Crippen LogP contribution in [-0.2, 0) is 0 Å². The second kappa shape index (κ2) is 7.48. The zero-order valence-electron chi connectivity index (χ0n) is 3.61. The van der Waals surface area contributed by atoms with Crippen molar-refractivity contribution in [1.29, 1.82) is 0 Å². The summed E-state index contributed by atoms with van der Waals surface area (Å²) < 4.78 is 0.389. The quantitative estimate of drug-likeness (QED) is 0.344. The summed E-state index contributed by atoms with van der Waals surface area (Å²) in [6, 6.07) is 0. The van der Waals surface area contributed by atoms with Crippen molar-refractivity contribution in [2.45, 2.75) is 0 Å². The summed E-state index contributed by atoms with van der Waals surface area (Å²) in [5, 5.41) is 13.7. The van der Waals surface area contributed by atoms with Crippen molar-refractivity contribution in [2.75, 3.05) is 0 Å². The lowest BCUT2D eigenvalue weighted by molar-refractivity contribution is 0.386. The van der Waals surface area contributed by atoms with Crippen molar-refractivity contribution < 1.29 is 10.2 Å². The van der Waals surface area contributed by atoms with E-state index in [1.807, 2.05) is 0 Å². The first-order chi connectivity index (χ1) is 3.46. The van der Waals surface area contributed by atoms with Crippen LogP contribution in [0.1, 0.15) is 0 Å². The predicted molar refractivity (Wildman–Crippen MR) is 48.4 cm³/mol. The van der Waals surface area contributed by atoms with Crippen LogP contribution in [0.2, 0.25) is 0 Å². The van der Waals surface area contributed by atoms with Crippen molar-refractivity contribution in [3.05, 3.63) is 0 Å². The topological polar surface area (TPSA) is 40.5 Å². The Morgan fingerprint density at radius 1 is 1.12 bits per heavy atom. The van der Waals surface area contributed by atoms with E-state index >= 15 is 0 Å². The van der Waals surface area contributed by atoms with Crippen molar-refractivity contribution in [3.8, 4) is 0 Å². The van der Waals surface area contributed by atoms with E-state index in [1.165, 1.54) is 0 Å². The van der Waals surface area contributed by atoms with Crippen LogP contribution in [0.25, 0.3) is 0 Å². The molecule has 0 bridgehead atoms. The smallest absolute Gasteiger partial charge is 0.347 e. The molecule has 0 radical (unpaired) electrons. The molecule has 8 heavy (non-hydrogen) atoms. The van der Waals surface area contributed by atoms with Crippen LogP contribution < -0.4 is 0 Å². The summed E-state index contributed by atoms with van der Waals surface area (Å²) in [6.07, 6.45) is 0. The Hall–Kier alpha value is 0.480. The van der Waals surface area contributed by atoms with Gasteiger partial charge in [0.1, 0.15) is 0 Å². The highest BCUT2D eigenvalue weighted by molar-refractivity contribution is 8.34. The molecule has 2 N–H and O–H groups in total. The lowest BCUT2D eigenvalue weighted by atomic mass is 11.5. The average Bonchev–Trinajstić information content (AvgIpc) is 1.25. The SMILES string of the molecule is OC(O)=S.S=C(S)S. The van der Waals surface area contributed by atoms with Gasteiger partial charge in [-0.15, -0.1) is 25.3 Å². The molecule has 0 aromatic heterocycles. The highest BCUT2D eigenvalue weighted by Crippen LogP contribution is 1.83. The van der Waals surface area contributed by atoms with Crippen LogP contribution in [0, 0.1) is 0 Å². The molecule has 2 nitrogen and oxygen atoms in total. The molecule has 0 aliphatic heterocycles. The molecule has 0 amide bonds. The van der Waals surface area contributed by atoms with Gasteiger partial charge in [0.05, 0.1) is 3.53 Å². The molecule has 0 aromatic carbocycles. The van der Waals surface area contributed by atoms with E-state index in [0.717, 1.165) is 0 Å². The fraction of sp³-hybridized carbons (Fsp3) is 0. The first-order valence-electron chi connectivity index (χ1n) is 1.30. The molecule has 0 atom stereocenters. The van der Waals surface area contributed by atoms with Gasteiger partial charge in [-0.1, -0.05) is 12.2 Å². The molecular weight excluding hydrogens is 184 g/mol. The molecule has 0 spiro atoms. The standard InChI is InChI=1S/CH2O2S.CH2S3/c2*2-1(3)4/h2*(H2,2,3,4). The fourth-order valence-electron chi connectivity index (χ4n) is 0. The molecule has 0 rings (SSSR count). The molecule has 0 saturated carbocycles. The van der Waals surface area contributed by atoms with Crippen LogP contribution in [0.4, 0.5) is 0 Å². The van der Waals surface area contributed by atoms with Crippen LogP contribution in [0.3, 0.4) is 0 Å². The number of thiocarbonyl (C=S) groups is 2. The van der Waals surface area contributed by atoms with Crippen molar-refractivity contribution in [3.63, 3.8) is 0 Å². The van der Waals surface area contributed by atoms with Gasteiger partial charge in [-0.2, -0.15) is 0 Å². The van der Waals surface area contributed by atoms with E-state index in [2.05, 4.69) is 49.7 Å². The molecule has 0 aromatic rings. The van der Waals surface area contributed by atoms with Gasteiger partial charge in [0, 0.05) is 12.2 Å². The summed E-state index contributed by atoms with van der Waals surface area (Å²) in [6.45, 7) is 0. The number of aliphatic hydroxyl groups is 2. The fourth-order valence-corrected chi connectivity index (χ4v) is 0. The average molecular weight is 188 g/mol. The van der Waals surface area contributed by atoms with Crippen LogP contribution in [0.5, 0.6) is 0 Å². The van der Waals surface area contributed by atoms with Crippen molar-refractivity contribution in [1.82, 2.24) is 0 Å². The minimum absolute atomic E-state index is 0.389. The van der Waals surface area contributed by atoms with Gasteiger partial charge in [0.25, 0.3) is 0 Å². The maximum Gasteiger partial charge on any atom is 0.347 e. The maximum atomic E-state index is 7.34. The van der Waals surface area contributed by atoms with E-state index in [4.69, 9.17) is 10.2 Å². The normalized spacial score (nSPS) is 6.25. The second-order valence-corrected chi connectivity index (χ2v) is 3.19. The van der Waals surface area contributed by atoms with E-state index in [9.17, 15) is 0 Å². The number of hydrogen-bond acceptors (Lipinski definition) is 2.